The number of fused-ring (bicyclic) bond motifs is 1. The molecule has 1 atom stereocenters. The number of hydrogen-bond acceptors (Lipinski definition) is 6. The van der Waals surface area contributed by atoms with E-state index in [1.54, 1.807) is 17.0 Å². The molecule has 0 aliphatic carbocycles. The van der Waals surface area contributed by atoms with E-state index in [1.807, 2.05) is 0 Å². The Morgan fingerprint density at radius 2 is 1.67 bits per heavy atom. The number of amides is 1. The summed E-state index contributed by atoms with van der Waals surface area (Å²) < 4.78 is 81.4. The number of nitrogens with one attached hydrogen (secondary N) is 1. The van der Waals surface area contributed by atoms with Gasteiger partial charge in [0, 0.05) is 68.9 Å². The molecule has 0 radical (unpaired) electrons. The van der Waals surface area contributed by atoms with Crippen molar-refractivity contribution < 1.29 is 31.1 Å². The van der Waals surface area contributed by atoms with Crippen LogP contribution in [-0.2, 0) is 6.18 Å². The third kappa shape index (κ3) is 5.92. The fourth-order valence-corrected chi connectivity index (χ4v) is 5.07. The highest BCUT2D eigenvalue weighted by Gasteiger charge is 2.38. The molecule has 208 valence electrons. The number of hydrogen-bond donors (Lipinski definition) is 1. The molecule has 2 saturated heterocycles. The molecule has 1 unspecified atom stereocenters. The molecule has 1 aromatic carbocycles. The summed E-state index contributed by atoms with van der Waals surface area (Å²) in [6.45, 7) is 1.43. The van der Waals surface area contributed by atoms with Gasteiger partial charge in [0.15, 0.2) is 0 Å². The predicted molar refractivity (Wildman–Crippen MR) is 131 cm³/mol. The van der Waals surface area contributed by atoms with Crippen molar-refractivity contribution in [2.75, 3.05) is 37.6 Å². The Bertz CT molecular complexity index is 1330. The number of benzene rings is 1. The highest BCUT2D eigenvalue weighted by Crippen LogP contribution is 2.33. The van der Waals surface area contributed by atoms with Gasteiger partial charge in [-0.1, -0.05) is 0 Å². The van der Waals surface area contributed by atoms with Crippen LogP contribution < -0.4 is 10.2 Å². The lowest BCUT2D eigenvalue weighted by molar-refractivity contribution is -0.145. The molecule has 2 aliphatic heterocycles. The van der Waals surface area contributed by atoms with E-state index in [0.29, 0.717) is 10.9 Å². The normalized spacial score (nSPS) is 18.9. The van der Waals surface area contributed by atoms with Crippen molar-refractivity contribution in [2.24, 2.45) is 0 Å². The van der Waals surface area contributed by atoms with Gasteiger partial charge in [-0.25, -0.2) is 28.1 Å². The van der Waals surface area contributed by atoms with Crippen molar-refractivity contribution in [3.8, 4) is 0 Å². The molecular formula is C26H26F6N6O. The van der Waals surface area contributed by atoms with E-state index >= 15 is 0 Å². The van der Waals surface area contributed by atoms with Crippen LogP contribution in [0.3, 0.4) is 0 Å². The number of likely N-dealkylation sites (tertiary alicyclic amines) is 1. The van der Waals surface area contributed by atoms with Crippen LogP contribution in [0.2, 0.25) is 0 Å². The molecule has 2 aromatic heterocycles. The molecule has 3 aromatic rings. The number of carbonyl (C=O) groups is 1. The van der Waals surface area contributed by atoms with Crippen LogP contribution in [-0.4, -0.2) is 64.4 Å². The number of halogens is 6. The van der Waals surface area contributed by atoms with Gasteiger partial charge < -0.3 is 10.2 Å². The second-order valence-corrected chi connectivity index (χ2v) is 9.81. The number of rotatable bonds is 6. The fourth-order valence-electron chi connectivity index (χ4n) is 5.07. The first kappa shape index (κ1) is 27.1. The summed E-state index contributed by atoms with van der Waals surface area (Å²) in [7, 11) is 0. The highest BCUT2D eigenvalue weighted by molar-refractivity contribution is 6.06. The van der Waals surface area contributed by atoms with E-state index in [4.69, 9.17) is 0 Å². The van der Waals surface area contributed by atoms with Crippen molar-refractivity contribution in [2.45, 2.75) is 43.8 Å². The summed E-state index contributed by atoms with van der Waals surface area (Å²) >= 11 is 0. The van der Waals surface area contributed by atoms with Crippen molar-refractivity contribution in [1.82, 2.24) is 25.2 Å². The van der Waals surface area contributed by atoms with Gasteiger partial charge in [-0.2, -0.15) is 13.2 Å². The van der Waals surface area contributed by atoms with Gasteiger partial charge in [0.2, 0.25) is 5.82 Å². The van der Waals surface area contributed by atoms with Crippen LogP contribution in [0, 0.1) is 5.82 Å². The molecular weight excluding hydrogens is 526 g/mol. The molecule has 0 spiro atoms. The Kier molecular flexibility index (Phi) is 7.36. The molecule has 5 rings (SSSR count). The molecule has 7 nitrogen and oxygen atoms in total. The van der Waals surface area contributed by atoms with Crippen LogP contribution in [0.4, 0.5) is 32.2 Å². The van der Waals surface area contributed by atoms with E-state index in [1.165, 1.54) is 6.07 Å². The Hall–Kier alpha value is -3.48. The van der Waals surface area contributed by atoms with Crippen LogP contribution in [0.15, 0.2) is 36.7 Å². The zero-order valence-corrected chi connectivity index (χ0v) is 20.8. The first-order valence-corrected chi connectivity index (χ1v) is 12.7. The molecule has 4 heterocycles. The quantitative estimate of drug-likeness (QED) is 0.435. The summed E-state index contributed by atoms with van der Waals surface area (Å²) in [6, 6.07) is 5.23. The fraction of sp³-hybridized carbons (Fsp3) is 0.462. The second-order valence-electron chi connectivity index (χ2n) is 9.81. The van der Waals surface area contributed by atoms with Gasteiger partial charge in [-0.15, -0.1) is 0 Å². The summed E-state index contributed by atoms with van der Waals surface area (Å²) in [6.07, 6.45) is -1.58. The van der Waals surface area contributed by atoms with Crippen LogP contribution in [0.25, 0.3) is 10.9 Å². The summed E-state index contributed by atoms with van der Waals surface area (Å²) in [5.41, 5.74) is 0.432. The average molecular weight is 553 g/mol. The van der Waals surface area contributed by atoms with Crippen molar-refractivity contribution >= 4 is 22.6 Å². The maximum atomic E-state index is 14.9. The van der Waals surface area contributed by atoms with E-state index in [0.717, 1.165) is 50.2 Å². The third-order valence-corrected chi connectivity index (χ3v) is 7.20. The number of piperidine rings is 1. The molecule has 2 fully saturated rings. The molecule has 1 amide bonds. The molecule has 13 heteroatoms. The van der Waals surface area contributed by atoms with Gasteiger partial charge in [0.05, 0.1) is 17.1 Å². The van der Waals surface area contributed by atoms with Gasteiger partial charge in [0.25, 0.3) is 11.8 Å². The Morgan fingerprint density at radius 3 is 2.31 bits per heavy atom. The van der Waals surface area contributed by atoms with E-state index < -0.39 is 48.5 Å². The monoisotopic (exact) mass is 552 g/mol. The lowest BCUT2D eigenvalue weighted by Gasteiger charge is -2.37. The number of aromatic nitrogens is 3. The van der Waals surface area contributed by atoms with Crippen molar-refractivity contribution in [3.63, 3.8) is 0 Å². The zero-order chi connectivity index (χ0) is 27.8. The number of pyridine rings is 1. The summed E-state index contributed by atoms with van der Waals surface area (Å²) in [5.74, 6) is -4.97. The molecule has 39 heavy (non-hydrogen) atoms. The number of carbonyl (C=O) groups excluding carboxylic acids is 1. The van der Waals surface area contributed by atoms with E-state index in [2.05, 4.69) is 25.2 Å². The standard InChI is InChI=1S/C26H26F6N6O/c27-18-4-5-19-17(3-6-21(36-19)38-9-1-2-10-38)22(18)23(39)33-15-20(37-11-7-25(28,29)8-12-37)16-13-34-24(35-14-16)26(30,31)32/h3-6,13-14,20H,1-2,7-12,15H2,(H,33,39). The maximum absolute atomic E-state index is 14.9. The minimum Gasteiger partial charge on any atom is -0.357 e. The van der Waals surface area contributed by atoms with E-state index in [9.17, 15) is 31.1 Å². The molecule has 0 saturated carbocycles. The van der Waals surface area contributed by atoms with Gasteiger partial charge >= 0.3 is 6.18 Å². The molecule has 1 N–H and O–H groups in total. The van der Waals surface area contributed by atoms with Crippen molar-refractivity contribution in [1.29, 1.82) is 0 Å². The first-order valence-electron chi connectivity index (χ1n) is 12.7. The van der Waals surface area contributed by atoms with Crippen LogP contribution in [0.1, 0.15) is 53.5 Å². The lowest BCUT2D eigenvalue weighted by Crippen LogP contribution is -2.45. The largest absolute Gasteiger partial charge is 0.451 e. The minimum atomic E-state index is -4.75. The van der Waals surface area contributed by atoms with Gasteiger partial charge in [-0.3, -0.25) is 9.69 Å². The zero-order valence-electron chi connectivity index (χ0n) is 20.8. The second kappa shape index (κ2) is 10.6. The first-order chi connectivity index (χ1) is 18.5. The van der Waals surface area contributed by atoms with E-state index in [-0.39, 0.29) is 30.8 Å². The highest BCUT2D eigenvalue weighted by atomic mass is 19.4. The molecule has 0 bridgehead atoms. The number of nitrogens with zero attached hydrogens (tertiary/aromatic N) is 5. The van der Waals surface area contributed by atoms with Crippen LogP contribution in [0.5, 0.6) is 0 Å². The smallest absolute Gasteiger partial charge is 0.357 e. The van der Waals surface area contributed by atoms with Crippen LogP contribution >= 0.6 is 0 Å². The SMILES string of the molecule is O=C(NCC(c1cnc(C(F)(F)F)nc1)N1CCC(F)(F)CC1)c1c(F)ccc2nc(N3CCCC3)ccc12. The van der Waals surface area contributed by atoms with Gasteiger partial charge in [0.1, 0.15) is 11.6 Å². The predicted octanol–water partition coefficient (Wildman–Crippen LogP) is 4.99. The lowest BCUT2D eigenvalue weighted by atomic mass is 10.0. The number of anilines is 1. The average Bonchev–Trinajstić information content (AvgIpc) is 3.44. The van der Waals surface area contributed by atoms with Crippen molar-refractivity contribution in [3.05, 3.63) is 59.4 Å². The summed E-state index contributed by atoms with van der Waals surface area (Å²) in [5, 5.41) is 2.95. The Labute approximate surface area is 220 Å². The van der Waals surface area contributed by atoms with Gasteiger partial charge in [-0.05, 0) is 37.1 Å². The topological polar surface area (TPSA) is 74.2 Å². The Morgan fingerprint density at radius 1 is 1.00 bits per heavy atom. The number of alkyl halides is 5. The summed E-state index contributed by atoms with van der Waals surface area (Å²) in [4.78, 5) is 28.3. The maximum Gasteiger partial charge on any atom is 0.451 e. The Balaban J connectivity index is 1.39. The molecule has 2 aliphatic rings. The third-order valence-electron chi connectivity index (χ3n) is 7.20. The minimum absolute atomic E-state index is 0.0552.